The van der Waals surface area contributed by atoms with Gasteiger partial charge in [0.05, 0.1) is 11.5 Å². The Bertz CT molecular complexity index is 722. The van der Waals surface area contributed by atoms with Crippen molar-refractivity contribution in [3.8, 4) is 0 Å². The summed E-state index contributed by atoms with van der Waals surface area (Å²) in [6, 6.07) is 13.9. The quantitative estimate of drug-likeness (QED) is 0.850. The molecular formula is C17H22N2O2S. The summed E-state index contributed by atoms with van der Waals surface area (Å²) in [5.41, 5.74) is 2.13. The van der Waals surface area contributed by atoms with E-state index in [-0.39, 0.29) is 17.5 Å². The van der Waals surface area contributed by atoms with Crippen molar-refractivity contribution in [2.45, 2.75) is 25.3 Å². The third-order valence-corrected chi connectivity index (χ3v) is 5.97. The molecule has 4 nitrogen and oxygen atoms in total. The lowest BCUT2D eigenvalue weighted by Gasteiger charge is -2.34. The Balaban J connectivity index is 1.61. The fourth-order valence-electron chi connectivity index (χ4n) is 3.09. The maximum atomic E-state index is 12.3. The number of hydrogen-bond acceptors (Lipinski definition) is 3. The zero-order chi connectivity index (χ0) is 15.6. The molecule has 1 aromatic heterocycles. The maximum absolute atomic E-state index is 12.3. The summed E-state index contributed by atoms with van der Waals surface area (Å²) in [5.74, 6) is 0.347. The largest absolute Gasteiger partial charge is 0.349 e. The smallest absolute Gasteiger partial charge is 0.155 e. The van der Waals surface area contributed by atoms with Crippen LogP contribution in [0.5, 0.6) is 0 Å². The monoisotopic (exact) mass is 318 g/mol. The minimum Gasteiger partial charge on any atom is -0.349 e. The average Bonchev–Trinajstić information content (AvgIpc) is 2.96. The molecule has 0 fully saturated rings. The molecule has 0 N–H and O–H groups in total. The van der Waals surface area contributed by atoms with Crippen molar-refractivity contribution in [1.82, 2.24) is 9.47 Å². The lowest BCUT2D eigenvalue weighted by atomic mass is 10.1. The topological polar surface area (TPSA) is 42.3 Å². The summed E-state index contributed by atoms with van der Waals surface area (Å²) in [5, 5.41) is 0. The predicted octanol–water partition coefficient (Wildman–Crippen LogP) is 2.48. The van der Waals surface area contributed by atoms with Crippen LogP contribution in [0.3, 0.4) is 0 Å². The van der Waals surface area contributed by atoms with E-state index in [1.807, 2.05) is 30.3 Å². The van der Waals surface area contributed by atoms with Gasteiger partial charge < -0.3 is 4.57 Å². The zero-order valence-corrected chi connectivity index (χ0v) is 13.7. The van der Waals surface area contributed by atoms with Crippen molar-refractivity contribution < 1.29 is 8.42 Å². The molecule has 22 heavy (non-hydrogen) atoms. The average molecular weight is 318 g/mol. The van der Waals surface area contributed by atoms with Crippen molar-refractivity contribution in [1.29, 1.82) is 0 Å². The molecule has 0 amide bonds. The van der Waals surface area contributed by atoms with Crippen LogP contribution >= 0.6 is 0 Å². The highest BCUT2D eigenvalue weighted by Crippen LogP contribution is 2.25. The van der Waals surface area contributed by atoms with E-state index in [0.29, 0.717) is 6.54 Å². The molecule has 1 unspecified atom stereocenters. The van der Waals surface area contributed by atoms with Crippen LogP contribution in [0.15, 0.2) is 48.7 Å². The highest BCUT2D eigenvalue weighted by atomic mass is 32.2. The Hall–Kier alpha value is -1.59. The second-order valence-corrected chi connectivity index (χ2v) is 8.10. The first kappa shape index (κ1) is 15.3. The lowest BCUT2D eigenvalue weighted by molar-refractivity contribution is 0.179. The van der Waals surface area contributed by atoms with Crippen LogP contribution in [-0.4, -0.2) is 36.7 Å². The molecule has 0 radical (unpaired) electrons. The van der Waals surface area contributed by atoms with Gasteiger partial charge in [-0.2, -0.15) is 0 Å². The Kier molecular flexibility index (Phi) is 4.36. The molecule has 3 rings (SSSR count). The van der Waals surface area contributed by atoms with E-state index in [0.717, 1.165) is 18.7 Å². The Labute approximate surface area is 132 Å². The second kappa shape index (κ2) is 6.26. The first-order valence-electron chi connectivity index (χ1n) is 7.68. The molecule has 1 atom stereocenters. The number of hydrogen-bond donors (Lipinski definition) is 0. The molecule has 118 valence electrons. The lowest BCUT2D eigenvalue weighted by Crippen LogP contribution is -2.39. The number of sulfone groups is 1. The summed E-state index contributed by atoms with van der Waals surface area (Å²) in [6.45, 7) is 4.59. The first-order chi connectivity index (χ1) is 10.6. The van der Waals surface area contributed by atoms with Crippen LogP contribution in [0.4, 0.5) is 0 Å². The molecule has 0 saturated carbocycles. The van der Waals surface area contributed by atoms with Crippen molar-refractivity contribution in [3.05, 3.63) is 59.9 Å². The molecule has 1 aromatic carbocycles. The molecule has 2 aromatic rings. The summed E-state index contributed by atoms with van der Waals surface area (Å²) >= 11 is 0. The maximum Gasteiger partial charge on any atom is 0.155 e. The van der Waals surface area contributed by atoms with E-state index >= 15 is 0 Å². The van der Waals surface area contributed by atoms with E-state index in [2.05, 4.69) is 34.7 Å². The van der Waals surface area contributed by atoms with Crippen molar-refractivity contribution >= 4 is 9.84 Å². The van der Waals surface area contributed by atoms with Crippen molar-refractivity contribution in [3.63, 3.8) is 0 Å². The standard InChI is InChI=1S/C17H22N2O2S/c1-15-17-8-5-9-19(17)11-10-18(15)12-13-22(20,21)14-16-6-3-2-4-7-16/h2-9,15H,10-14H2,1H3. The van der Waals surface area contributed by atoms with Gasteiger partial charge in [0.1, 0.15) is 0 Å². The normalized spacial score (nSPS) is 19.0. The number of fused-ring (bicyclic) bond motifs is 1. The fourth-order valence-corrected chi connectivity index (χ4v) is 4.45. The number of benzene rings is 1. The number of aromatic nitrogens is 1. The summed E-state index contributed by atoms with van der Waals surface area (Å²) in [4.78, 5) is 2.26. The highest BCUT2D eigenvalue weighted by molar-refractivity contribution is 7.90. The van der Waals surface area contributed by atoms with Gasteiger partial charge in [-0.05, 0) is 24.6 Å². The van der Waals surface area contributed by atoms with E-state index in [9.17, 15) is 8.42 Å². The van der Waals surface area contributed by atoms with Crippen LogP contribution in [0, 0.1) is 0 Å². The van der Waals surface area contributed by atoms with Gasteiger partial charge >= 0.3 is 0 Å². The van der Waals surface area contributed by atoms with Gasteiger partial charge in [-0.3, -0.25) is 4.90 Å². The molecule has 0 bridgehead atoms. The van der Waals surface area contributed by atoms with E-state index in [1.165, 1.54) is 5.69 Å². The Morgan fingerprint density at radius 2 is 1.86 bits per heavy atom. The summed E-state index contributed by atoms with van der Waals surface area (Å²) in [6.07, 6.45) is 2.09. The first-order valence-corrected chi connectivity index (χ1v) is 9.51. The molecule has 1 aliphatic rings. The Morgan fingerprint density at radius 3 is 2.64 bits per heavy atom. The van der Waals surface area contributed by atoms with Gasteiger partial charge in [-0.1, -0.05) is 30.3 Å². The van der Waals surface area contributed by atoms with E-state index in [1.54, 1.807) is 0 Å². The number of nitrogens with zero attached hydrogens (tertiary/aromatic N) is 2. The minimum atomic E-state index is -3.07. The fraction of sp³-hybridized carbons (Fsp3) is 0.412. The van der Waals surface area contributed by atoms with Gasteiger partial charge in [-0.15, -0.1) is 0 Å². The van der Waals surface area contributed by atoms with Crippen LogP contribution < -0.4 is 0 Å². The summed E-state index contributed by atoms with van der Waals surface area (Å²) in [7, 11) is -3.07. The van der Waals surface area contributed by atoms with E-state index < -0.39 is 9.84 Å². The molecule has 0 saturated heterocycles. The number of rotatable bonds is 5. The molecule has 2 heterocycles. The van der Waals surface area contributed by atoms with Gasteiger partial charge in [0, 0.05) is 37.6 Å². The van der Waals surface area contributed by atoms with Crippen LogP contribution in [0.25, 0.3) is 0 Å². The third kappa shape index (κ3) is 3.42. The molecule has 0 aliphatic carbocycles. The second-order valence-electron chi connectivity index (χ2n) is 5.92. The van der Waals surface area contributed by atoms with Gasteiger partial charge in [0.2, 0.25) is 0 Å². The van der Waals surface area contributed by atoms with Crippen LogP contribution in [-0.2, 0) is 22.1 Å². The summed E-state index contributed by atoms with van der Waals surface area (Å²) < 4.78 is 26.9. The molecule has 5 heteroatoms. The van der Waals surface area contributed by atoms with Crippen LogP contribution in [0.1, 0.15) is 24.2 Å². The van der Waals surface area contributed by atoms with Crippen molar-refractivity contribution in [2.24, 2.45) is 0 Å². The van der Waals surface area contributed by atoms with E-state index in [4.69, 9.17) is 0 Å². The van der Waals surface area contributed by atoms with Gasteiger partial charge in [0.15, 0.2) is 9.84 Å². The highest BCUT2D eigenvalue weighted by Gasteiger charge is 2.24. The SMILES string of the molecule is CC1c2cccn2CCN1CCS(=O)(=O)Cc1ccccc1. The molecule has 1 aliphatic heterocycles. The zero-order valence-electron chi connectivity index (χ0n) is 12.9. The van der Waals surface area contributed by atoms with Crippen molar-refractivity contribution in [2.75, 3.05) is 18.8 Å². The Morgan fingerprint density at radius 1 is 1.09 bits per heavy atom. The molecule has 0 spiro atoms. The third-order valence-electron chi connectivity index (χ3n) is 4.39. The van der Waals surface area contributed by atoms with Gasteiger partial charge in [-0.25, -0.2) is 8.42 Å². The predicted molar refractivity (Wildman–Crippen MR) is 88.4 cm³/mol. The minimum absolute atomic E-state index is 0.131. The van der Waals surface area contributed by atoms with Gasteiger partial charge in [0.25, 0.3) is 0 Å². The van der Waals surface area contributed by atoms with Crippen LogP contribution in [0.2, 0.25) is 0 Å². The molecular weight excluding hydrogens is 296 g/mol.